The average molecular weight is 531 g/mol. The Morgan fingerprint density at radius 2 is 1.66 bits per heavy atom. The predicted molar refractivity (Wildman–Crippen MR) is 156 cm³/mol. The Labute approximate surface area is 230 Å². The van der Waals surface area contributed by atoms with E-state index in [4.69, 9.17) is 4.74 Å². The monoisotopic (exact) mass is 530 g/mol. The quantitative estimate of drug-likeness (QED) is 0.369. The summed E-state index contributed by atoms with van der Waals surface area (Å²) in [5.74, 6) is 0.220. The third-order valence-corrected chi connectivity index (χ3v) is 8.60. The molecule has 5 rings (SSSR count). The maximum Gasteiger partial charge on any atom is 0.319 e. The van der Waals surface area contributed by atoms with E-state index in [0.717, 1.165) is 45.0 Å². The molecule has 0 aliphatic carbocycles. The number of benzene rings is 3. The Balaban J connectivity index is 1.31. The zero-order valence-corrected chi connectivity index (χ0v) is 23.2. The lowest BCUT2D eigenvalue weighted by atomic mass is 9.88. The zero-order valence-electron chi connectivity index (χ0n) is 22.4. The second kappa shape index (κ2) is 12.2. The zero-order chi connectivity index (χ0) is 26.4. The van der Waals surface area contributed by atoms with Gasteiger partial charge in [-0.2, -0.15) is 0 Å². The van der Waals surface area contributed by atoms with Gasteiger partial charge in [-0.15, -0.1) is 0 Å². The fraction of sp³-hybridized carbons (Fsp3) is 0.387. The van der Waals surface area contributed by atoms with E-state index in [0.29, 0.717) is 13.1 Å². The van der Waals surface area contributed by atoms with Gasteiger partial charge < -0.3 is 20.3 Å². The molecule has 2 N–H and O–H groups in total. The van der Waals surface area contributed by atoms with Gasteiger partial charge in [0, 0.05) is 43.5 Å². The number of nitrogens with one attached hydrogen (secondary N) is 2. The molecule has 7 heteroatoms. The molecule has 0 bridgehead atoms. The van der Waals surface area contributed by atoms with Gasteiger partial charge in [-0.1, -0.05) is 84.6 Å². The van der Waals surface area contributed by atoms with Crippen molar-refractivity contribution in [3.63, 3.8) is 0 Å². The van der Waals surface area contributed by atoms with Crippen LogP contribution in [0.5, 0.6) is 0 Å². The van der Waals surface area contributed by atoms with E-state index in [1.807, 2.05) is 11.8 Å². The van der Waals surface area contributed by atoms with Crippen LogP contribution in [-0.4, -0.2) is 66.8 Å². The lowest BCUT2D eigenvalue weighted by molar-refractivity contribution is 0.0348. The summed E-state index contributed by atoms with van der Waals surface area (Å²) >= 11 is 1.67. The number of urea groups is 1. The van der Waals surface area contributed by atoms with Crippen LogP contribution >= 0.6 is 11.8 Å². The molecule has 6 nitrogen and oxygen atoms in total. The van der Waals surface area contributed by atoms with Gasteiger partial charge in [0.25, 0.3) is 0 Å². The van der Waals surface area contributed by atoms with Crippen LogP contribution in [0.1, 0.15) is 36.0 Å². The molecule has 2 amide bonds. The first kappa shape index (κ1) is 26.6. The summed E-state index contributed by atoms with van der Waals surface area (Å²) in [6.07, 6.45) is 0.848. The average Bonchev–Trinajstić information content (AvgIpc) is 3.29. The van der Waals surface area contributed by atoms with Crippen LogP contribution < -0.4 is 10.6 Å². The first-order chi connectivity index (χ1) is 18.5. The summed E-state index contributed by atoms with van der Waals surface area (Å²) in [6.45, 7) is 9.67. The normalized spacial score (nSPS) is 19.1. The summed E-state index contributed by atoms with van der Waals surface area (Å²) in [4.78, 5) is 18.8. The molecular formula is C31H38N4O2S. The van der Waals surface area contributed by atoms with Gasteiger partial charge in [-0.05, 0) is 43.0 Å². The van der Waals surface area contributed by atoms with Crippen molar-refractivity contribution >= 4 is 23.5 Å². The number of anilines is 1. The fourth-order valence-corrected chi connectivity index (χ4v) is 6.49. The summed E-state index contributed by atoms with van der Waals surface area (Å²) in [5, 5.41) is 6.88. The summed E-state index contributed by atoms with van der Waals surface area (Å²) in [6, 6.07) is 27.5. The molecule has 2 aliphatic heterocycles. The number of aryl methyl sites for hydroxylation is 1. The topological polar surface area (TPSA) is 56.8 Å². The first-order valence-electron chi connectivity index (χ1n) is 13.5. The summed E-state index contributed by atoms with van der Waals surface area (Å²) < 4.78 is 5.53. The Bertz CT molecular complexity index is 1160. The number of amides is 2. The van der Waals surface area contributed by atoms with Crippen molar-refractivity contribution in [2.75, 3.05) is 51.3 Å². The molecule has 1 saturated heterocycles. The largest absolute Gasteiger partial charge is 0.379 e. The van der Waals surface area contributed by atoms with E-state index < -0.39 is 4.99 Å². The van der Waals surface area contributed by atoms with Crippen LogP contribution in [0.4, 0.5) is 10.5 Å². The van der Waals surface area contributed by atoms with Gasteiger partial charge in [-0.3, -0.25) is 4.90 Å². The number of carbonyl (C=O) groups is 1. The van der Waals surface area contributed by atoms with Gasteiger partial charge >= 0.3 is 6.03 Å². The van der Waals surface area contributed by atoms with Crippen molar-refractivity contribution in [2.45, 2.75) is 36.1 Å². The number of carbonyl (C=O) groups excluding carboxylic acids is 1. The highest BCUT2D eigenvalue weighted by atomic mass is 32.2. The maximum atomic E-state index is 13.8. The smallest absolute Gasteiger partial charge is 0.319 e. The van der Waals surface area contributed by atoms with Crippen molar-refractivity contribution in [2.24, 2.45) is 0 Å². The number of thioether (sulfide) groups is 1. The molecule has 3 aromatic rings. The van der Waals surface area contributed by atoms with E-state index >= 15 is 0 Å². The van der Waals surface area contributed by atoms with Gasteiger partial charge in [-0.25, -0.2) is 4.79 Å². The van der Waals surface area contributed by atoms with Crippen molar-refractivity contribution in [1.29, 1.82) is 0 Å². The highest BCUT2D eigenvalue weighted by Crippen LogP contribution is 2.45. The Hall–Kier alpha value is -3.00. The molecule has 3 aromatic carbocycles. The third-order valence-electron chi connectivity index (χ3n) is 7.43. The van der Waals surface area contributed by atoms with Crippen LogP contribution in [0.2, 0.25) is 0 Å². The molecule has 0 radical (unpaired) electrons. The Kier molecular flexibility index (Phi) is 8.57. The van der Waals surface area contributed by atoms with Gasteiger partial charge in [0.15, 0.2) is 4.99 Å². The van der Waals surface area contributed by atoms with Crippen LogP contribution in [-0.2, 0) is 4.74 Å². The van der Waals surface area contributed by atoms with E-state index in [9.17, 15) is 4.79 Å². The Morgan fingerprint density at radius 1 is 1.00 bits per heavy atom. The maximum absolute atomic E-state index is 13.8. The second-order valence-corrected chi connectivity index (χ2v) is 11.7. The summed E-state index contributed by atoms with van der Waals surface area (Å²) in [5.41, 5.74) is 4.84. The van der Waals surface area contributed by atoms with E-state index in [-0.39, 0.29) is 11.9 Å². The van der Waals surface area contributed by atoms with Crippen molar-refractivity contribution in [1.82, 2.24) is 15.1 Å². The van der Waals surface area contributed by atoms with E-state index in [1.54, 1.807) is 11.8 Å². The number of hydrogen-bond acceptors (Lipinski definition) is 5. The number of nitrogens with zero attached hydrogens (tertiary/aromatic N) is 2. The SMILES string of the molecule is Cc1cccc2c1NC(C)(NC(=O)N(CCC(c1ccccc1)c1ccccc1)CCN1CCOCC1)S2. The van der Waals surface area contributed by atoms with Crippen LogP contribution in [0.25, 0.3) is 0 Å². The molecular weight excluding hydrogens is 492 g/mol. The van der Waals surface area contributed by atoms with Crippen molar-refractivity contribution < 1.29 is 9.53 Å². The van der Waals surface area contributed by atoms with Crippen LogP contribution in [0, 0.1) is 6.92 Å². The molecule has 0 spiro atoms. The number of fused-ring (bicyclic) bond motifs is 1. The first-order valence-corrected chi connectivity index (χ1v) is 14.4. The molecule has 2 heterocycles. The highest BCUT2D eigenvalue weighted by Gasteiger charge is 2.36. The fourth-order valence-electron chi connectivity index (χ4n) is 5.29. The van der Waals surface area contributed by atoms with Crippen molar-refractivity contribution in [3.8, 4) is 0 Å². The Morgan fingerprint density at radius 3 is 2.29 bits per heavy atom. The molecule has 200 valence electrons. The van der Waals surface area contributed by atoms with Crippen LogP contribution in [0.15, 0.2) is 83.8 Å². The van der Waals surface area contributed by atoms with Gasteiger partial charge in [0.05, 0.1) is 18.9 Å². The lowest BCUT2D eigenvalue weighted by Gasteiger charge is -2.34. The number of rotatable bonds is 9. The minimum absolute atomic E-state index is 0.0360. The molecule has 38 heavy (non-hydrogen) atoms. The second-order valence-electron chi connectivity index (χ2n) is 10.2. The molecule has 1 unspecified atom stereocenters. The standard InChI is InChI=1S/C31H38N4O2S/c1-24-10-9-15-28-29(24)32-31(2,38-28)33-30(36)35(19-18-34-20-22-37-23-21-34)17-16-27(25-11-5-3-6-12-25)26-13-7-4-8-14-26/h3-15,27,32H,16-23H2,1-2H3,(H,33,36). The van der Waals surface area contributed by atoms with E-state index in [1.165, 1.54) is 21.6 Å². The lowest BCUT2D eigenvalue weighted by Crippen LogP contribution is -2.54. The molecule has 0 saturated carbocycles. The number of hydrogen-bond donors (Lipinski definition) is 2. The minimum atomic E-state index is -0.596. The molecule has 2 aliphatic rings. The number of ether oxygens (including phenoxy) is 1. The summed E-state index contributed by atoms with van der Waals surface area (Å²) in [7, 11) is 0. The molecule has 1 atom stereocenters. The number of para-hydroxylation sites is 1. The minimum Gasteiger partial charge on any atom is -0.379 e. The van der Waals surface area contributed by atoms with E-state index in [2.05, 4.69) is 101 Å². The van der Waals surface area contributed by atoms with Gasteiger partial charge in [0.2, 0.25) is 0 Å². The van der Waals surface area contributed by atoms with Crippen LogP contribution in [0.3, 0.4) is 0 Å². The molecule has 0 aromatic heterocycles. The predicted octanol–water partition coefficient (Wildman–Crippen LogP) is 5.75. The third kappa shape index (κ3) is 6.52. The number of morpholine rings is 1. The molecule has 1 fully saturated rings. The highest BCUT2D eigenvalue weighted by molar-refractivity contribution is 8.01. The van der Waals surface area contributed by atoms with Crippen molar-refractivity contribution in [3.05, 3.63) is 95.6 Å². The van der Waals surface area contributed by atoms with Gasteiger partial charge in [0.1, 0.15) is 0 Å².